The normalized spacial score (nSPS) is 13.6. The van der Waals surface area contributed by atoms with E-state index in [1.807, 2.05) is 37.7 Å². The molecule has 2 atom stereocenters. The number of amides is 2. The van der Waals surface area contributed by atoms with Gasteiger partial charge in [0, 0.05) is 15.8 Å². The quantitative estimate of drug-likeness (QED) is 0.672. The number of anilines is 1. The zero-order chi connectivity index (χ0) is 15.8. The van der Waals surface area contributed by atoms with Crippen molar-refractivity contribution in [1.82, 2.24) is 5.32 Å². The number of hydrogen-bond acceptors (Lipinski definition) is 3. The van der Waals surface area contributed by atoms with Crippen LogP contribution in [0.1, 0.15) is 39.2 Å². The van der Waals surface area contributed by atoms with Crippen LogP contribution in [0.25, 0.3) is 0 Å². The molecule has 0 spiro atoms. The lowest BCUT2D eigenvalue weighted by molar-refractivity contribution is 0.222. The van der Waals surface area contributed by atoms with Crippen molar-refractivity contribution in [2.45, 2.75) is 56.7 Å². The van der Waals surface area contributed by atoms with Crippen molar-refractivity contribution in [3.05, 3.63) is 23.8 Å². The molecule has 0 heterocycles. The number of rotatable bonds is 7. The van der Waals surface area contributed by atoms with Crippen LogP contribution in [0.3, 0.4) is 0 Å². The minimum absolute atomic E-state index is 0.0482. The first-order valence-corrected chi connectivity index (χ1v) is 8.33. The number of benzene rings is 1. The van der Waals surface area contributed by atoms with Crippen molar-refractivity contribution >= 4 is 23.5 Å². The zero-order valence-corrected chi connectivity index (χ0v) is 14.1. The average Bonchev–Trinajstić information content (AvgIpc) is 2.47. The second-order valence-corrected chi connectivity index (χ2v) is 6.71. The number of aliphatic hydroxyl groups is 1. The van der Waals surface area contributed by atoms with Crippen molar-refractivity contribution < 1.29 is 9.90 Å². The van der Waals surface area contributed by atoms with Crippen LogP contribution in [0, 0.1) is 6.92 Å². The molecule has 118 valence electrons. The highest BCUT2D eigenvalue weighted by molar-refractivity contribution is 7.99. The number of urea groups is 1. The van der Waals surface area contributed by atoms with Gasteiger partial charge in [-0.05, 0) is 43.5 Å². The molecule has 0 aromatic heterocycles. The number of carbonyl (C=O) groups excluding carboxylic acids is 1. The van der Waals surface area contributed by atoms with Crippen LogP contribution in [0.15, 0.2) is 23.1 Å². The minimum Gasteiger partial charge on any atom is -0.394 e. The second kappa shape index (κ2) is 8.95. The van der Waals surface area contributed by atoms with Crippen LogP contribution in [-0.2, 0) is 0 Å². The largest absolute Gasteiger partial charge is 0.394 e. The Kier molecular flexibility index (Phi) is 7.61. The average molecular weight is 310 g/mol. The summed E-state index contributed by atoms with van der Waals surface area (Å²) in [6.45, 7) is 8.25. The predicted molar refractivity (Wildman–Crippen MR) is 90.1 cm³/mol. The molecule has 21 heavy (non-hydrogen) atoms. The van der Waals surface area contributed by atoms with Gasteiger partial charge >= 0.3 is 6.03 Å². The first-order chi connectivity index (χ1) is 9.99. The summed E-state index contributed by atoms with van der Waals surface area (Å²) in [5, 5.41) is 15.3. The SMILES string of the molecule is CCC(CO)NC(=O)Nc1ccc(SC(C)CC)cc1C. The molecule has 1 aromatic carbocycles. The Balaban J connectivity index is 2.66. The van der Waals surface area contributed by atoms with Crippen molar-refractivity contribution in [1.29, 1.82) is 0 Å². The molecule has 1 rings (SSSR count). The van der Waals surface area contributed by atoms with Crippen molar-refractivity contribution in [2.24, 2.45) is 0 Å². The molecule has 0 saturated carbocycles. The Morgan fingerprint density at radius 3 is 2.57 bits per heavy atom. The number of thioether (sulfide) groups is 1. The molecule has 2 amide bonds. The van der Waals surface area contributed by atoms with Crippen LogP contribution in [0.5, 0.6) is 0 Å². The van der Waals surface area contributed by atoms with Crippen LogP contribution in [0.2, 0.25) is 0 Å². The molecule has 0 saturated heterocycles. The van der Waals surface area contributed by atoms with Crippen molar-refractivity contribution in [3.8, 4) is 0 Å². The monoisotopic (exact) mass is 310 g/mol. The molecular formula is C16H26N2O2S. The molecule has 1 aromatic rings. The molecule has 5 heteroatoms. The third-order valence-electron chi connectivity index (χ3n) is 3.41. The third-order valence-corrected chi connectivity index (χ3v) is 4.67. The van der Waals surface area contributed by atoms with E-state index in [9.17, 15) is 4.79 Å². The Morgan fingerprint density at radius 1 is 1.33 bits per heavy atom. The van der Waals surface area contributed by atoms with Gasteiger partial charge in [-0.2, -0.15) is 0 Å². The molecule has 0 fully saturated rings. The number of aliphatic hydroxyl groups excluding tert-OH is 1. The molecule has 0 aliphatic rings. The maximum absolute atomic E-state index is 11.9. The van der Waals surface area contributed by atoms with Crippen molar-refractivity contribution in [3.63, 3.8) is 0 Å². The van der Waals surface area contributed by atoms with E-state index in [0.29, 0.717) is 11.7 Å². The fraction of sp³-hybridized carbons (Fsp3) is 0.562. The first-order valence-electron chi connectivity index (χ1n) is 7.45. The highest BCUT2D eigenvalue weighted by atomic mass is 32.2. The summed E-state index contributed by atoms with van der Waals surface area (Å²) < 4.78 is 0. The van der Waals surface area contributed by atoms with Gasteiger partial charge < -0.3 is 15.7 Å². The van der Waals surface area contributed by atoms with E-state index in [2.05, 4.69) is 30.5 Å². The fourth-order valence-corrected chi connectivity index (χ4v) is 2.81. The Bertz CT molecular complexity index is 462. The summed E-state index contributed by atoms with van der Waals surface area (Å²) >= 11 is 1.84. The van der Waals surface area contributed by atoms with E-state index in [1.165, 1.54) is 4.90 Å². The molecule has 2 unspecified atom stereocenters. The van der Waals surface area contributed by atoms with E-state index >= 15 is 0 Å². The molecule has 4 nitrogen and oxygen atoms in total. The summed E-state index contributed by atoms with van der Waals surface area (Å²) in [5.74, 6) is 0. The lowest BCUT2D eigenvalue weighted by Gasteiger charge is -2.16. The van der Waals surface area contributed by atoms with Crippen LogP contribution in [0.4, 0.5) is 10.5 Å². The predicted octanol–water partition coefficient (Wildman–Crippen LogP) is 3.78. The van der Waals surface area contributed by atoms with Crippen LogP contribution in [-0.4, -0.2) is 29.0 Å². The summed E-state index contributed by atoms with van der Waals surface area (Å²) in [6, 6.07) is 5.57. The lowest BCUT2D eigenvalue weighted by Crippen LogP contribution is -2.39. The Labute approximate surface area is 131 Å². The van der Waals surface area contributed by atoms with E-state index in [1.54, 1.807) is 0 Å². The molecule has 0 aliphatic carbocycles. The molecule has 3 N–H and O–H groups in total. The van der Waals surface area contributed by atoms with Crippen LogP contribution < -0.4 is 10.6 Å². The van der Waals surface area contributed by atoms with Gasteiger partial charge in [-0.15, -0.1) is 11.8 Å². The Morgan fingerprint density at radius 2 is 2.05 bits per heavy atom. The summed E-state index contributed by atoms with van der Waals surface area (Å²) in [4.78, 5) is 13.1. The van der Waals surface area contributed by atoms with Gasteiger partial charge in [-0.1, -0.05) is 20.8 Å². The first kappa shape index (κ1) is 17.9. The third kappa shape index (κ3) is 5.98. The smallest absolute Gasteiger partial charge is 0.319 e. The summed E-state index contributed by atoms with van der Waals surface area (Å²) in [5.41, 5.74) is 1.84. The summed E-state index contributed by atoms with van der Waals surface area (Å²) in [7, 11) is 0. The minimum atomic E-state index is -0.277. The standard InChI is InChI=1S/C16H26N2O2S/c1-5-12(4)21-14-7-8-15(11(3)9-14)18-16(20)17-13(6-2)10-19/h7-9,12-13,19H,5-6,10H2,1-4H3,(H2,17,18,20). The van der Waals surface area contributed by atoms with E-state index < -0.39 is 0 Å². The van der Waals surface area contributed by atoms with Crippen LogP contribution >= 0.6 is 11.8 Å². The highest BCUT2D eigenvalue weighted by Gasteiger charge is 2.11. The van der Waals surface area contributed by atoms with Gasteiger partial charge in [0.25, 0.3) is 0 Å². The highest BCUT2D eigenvalue weighted by Crippen LogP contribution is 2.28. The number of aryl methyl sites for hydroxylation is 1. The van der Waals surface area contributed by atoms with E-state index in [-0.39, 0.29) is 18.7 Å². The number of nitrogens with one attached hydrogen (secondary N) is 2. The van der Waals surface area contributed by atoms with Gasteiger partial charge in [0.15, 0.2) is 0 Å². The Hall–Kier alpha value is -1.20. The van der Waals surface area contributed by atoms with Gasteiger partial charge in [0.2, 0.25) is 0 Å². The van der Waals surface area contributed by atoms with Gasteiger partial charge in [-0.3, -0.25) is 0 Å². The fourth-order valence-electron chi connectivity index (χ4n) is 1.79. The van der Waals surface area contributed by atoms with E-state index in [0.717, 1.165) is 17.7 Å². The lowest BCUT2D eigenvalue weighted by atomic mass is 10.2. The molecule has 0 aliphatic heterocycles. The maximum atomic E-state index is 11.9. The zero-order valence-electron chi connectivity index (χ0n) is 13.3. The molecule has 0 bridgehead atoms. The number of hydrogen-bond donors (Lipinski definition) is 3. The van der Waals surface area contributed by atoms with Gasteiger partial charge in [0.1, 0.15) is 0 Å². The van der Waals surface area contributed by atoms with E-state index in [4.69, 9.17) is 5.11 Å². The summed E-state index contributed by atoms with van der Waals surface area (Å²) in [6.07, 6.45) is 1.83. The maximum Gasteiger partial charge on any atom is 0.319 e. The molecular weight excluding hydrogens is 284 g/mol. The van der Waals surface area contributed by atoms with Gasteiger partial charge in [-0.25, -0.2) is 4.79 Å². The topological polar surface area (TPSA) is 61.4 Å². The van der Waals surface area contributed by atoms with Crippen molar-refractivity contribution in [2.75, 3.05) is 11.9 Å². The second-order valence-electron chi connectivity index (χ2n) is 5.20. The van der Waals surface area contributed by atoms with Gasteiger partial charge in [0.05, 0.1) is 12.6 Å². The number of carbonyl (C=O) groups is 1. The molecule has 0 radical (unpaired) electrons.